The fourth-order valence-electron chi connectivity index (χ4n) is 3.50. The SMILES string of the molecule is CNC(=O)c1cc(Cl)c(F)cc1NC(=O)C1(c2ccccc2C(C)C)CNC1. The van der Waals surface area contributed by atoms with Crippen molar-refractivity contribution in [2.75, 3.05) is 25.5 Å². The third-order valence-corrected chi connectivity index (χ3v) is 5.46. The minimum absolute atomic E-state index is 0.0968. The molecule has 1 aliphatic heterocycles. The van der Waals surface area contributed by atoms with Gasteiger partial charge in [0.2, 0.25) is 5.91 Å². The van der Waals surface area contributed by atoms with E-state index in [4.69, 9.17) is 11.6 Å². The second-order valence-corrected chi connectivity index (χ2v) is 7.68. The molecule has 0 bridgehead atoms. The van der Waals surface area contributed by atoms with E-state index < -0.39 is 17.1 Å². The Morgan fingerprint density at radius 2 is 1.89 bits per heavy atom. The first-order chi connectivity index (χ1) is 13.3. The molecule has 1 heterocycles. The summed E-state index contributed by atoms with van der Waals surface area (Å²) in [6, 6.07) is 10.1. The van der Waals surface area contributed by atoms with Crippen molar-refractivity contribution in [2.45, 2.75) is 25.2 Å². The summed E-state index contributed by atoms with van der Waals surface area (Å²) in [6.45, 7) is 5.09. The van der Waals surface area contributed by atoms with Crippen LogP contribution in [0.4, 0.5) is 10.1 Å². The number of anilines is 1. The molecule has 0 saturated carbocycles. The summed E-state index contributed by atoms with van der Waals surface area (Å²) in [5, 5.41) is 8.23. The average molecular weight is 404 g/mol. The molecule has 1 fully saturated rings. The number of hydrogen-bond acceptors (Lipinski definition) is 3. The first kappa shape index (κ1) is 20.3. The minimum Gasteiger partial charge on any atom is -0.355 e. The third kappa shape index (κ3) is 3.50. The van der Waals surface area contributed by atoms with Gasteiger partial charge in [0.15, 0.2) is 0 Å². The Balaban J connectivity index is 2.01. The fourth-order valence-corrected chi connectivity index (χ4v) is 3.66. The first-order valence-corrected chi connectivity index (χ1v) is 9.50. The molecular weight excluding hydrogens is 381 g/mol. The number of halogens is 2. The molecule has 3 rings (SSSR count). The number of carbonyl (C=O) groups excluding carboxylic acids is 2. The molecule has 0 unspecified atom stereocenters. The second-order valence-electron chi connectivity index (χ2n) is 7.27. The van der Waals surface area contributed by atoms with E-state index in [1.54, 1.807) is 0 Å². The molecule has 2 aromatic carbocycles. The zero-order valence-corrected chi connectivity index (χ0v) is 16.8. The van der Waals surface area contributed by atoms with Crippen molar-refractivity contribution in [1.29, 1.82) is 0 Å². The summed E-state index contributed by atoms with van der Waals surface area (Å²) in [7, 11) is 1.46. The molecule has 0 aliphatic carbocycles. The lowest BCUT2D eigenvalue weighted by molar-refractivity contribution is -0.123. The van der Waals surface area contributed by atoms with Gasteiger partial charge in [0.05, 0.1) is 21.7 Å². The second kappa shape index (κ2) is 7.89. The largest absolute Gasteiger partial charge is 0.355 e. The van der Waals surface area contributed by atoms with Crippen LogP contribution in [-0.4, -0.2) is 32.0 Å². The summed E-state index contributed by atoms with van der Waals surface area (Å²) in [5.74, 6) is -1.20. The predicted molar refractivity (Wildman–Crippen MR) is 109 cm³/mol. The summed E-state index contributed by atoms with van der Waals surface area (Å²) in [5.41, 5.74) is 1.46. The maximum absolute atomic E-state index is 14.0. The maximum Gasteiger partial charge on any atom is 0.253 e. The van der Waals surface area contributed by atoms with Crippen LogP contribution >= 0.6 is 11.6 Å². The first-order valence-electron chi connectivity index (χ1n) is 9.13. The van der Waals surface area contributed by atoms with Crippen molar-refractivity contribution in [1.82, 2.24) is 10.6 Å². The van der Waals surface area contributed by atoms with Crippen LogP contribution < -0.4 is 16.0 Å². The van der Waals surface area contributed by atoms with Crippen LogP contribution in [0, 0.1) is 5.82 Å². The van der Waals surface area contributed by atoms with E-state index in [0.717, 1.165) is 17.2 Å². The average Bonchev–Trinajstić information content (AvgIpc) is 2.63. The van der Waals surface area contributed by atoms with E-state index in [-0.39, 0.29) is 28.1 Å². The van der Waals surface area contributed by atoms with E-state index in [9.17, 15) is 14.0 Å². The van der Waals surface area contributed by atoms with Crippen LogP contribution in [0.1, 0.15) is 41.3 Å². The molecular formula is C21H23ClFN3O2. The van der Waals surface area contributed by atoms with Gasteiger partial charge in [-0.1, -0.05) is 49.7 Å². The fraction of sp³-hybridized carbons (Fsp3) is 0.333. The van der Waals surface area contributed by atoms with Crippen LogP contribution in [0.2, 0.25) is 5.02 Å². The molecule has 5 nitrogen and oxygen atoms in total. The standard InChI is InChI=1S/C21H23ClFN3O2/c1-12(2)13-6-4-5-7-15(13)21(10-25-11-21)20(28)26-18-9-17(23)16(22)8-14(18)19(27)24-3/h4-9,12,25H,10-11H2,1-3H3,(H,24,27)(H,26,28). The molecule has 7 heteroatoms. The smallest absolute Gasteiger partial charge is 0.253 e. The van der Waals surface area contributed by atoms with Crippen molar-refractivity contribution in [2.24, 2.45) is 0 Å². The van der Waals surface area contributed by atoms with Gasteiger partial charge in [0.25, 0.3) is 5.91 Å². The molecule has 0 spiro atoms. The van der Waals surface area contributed by atoms with Crippen LogP contribution in [0.3, 0.4) is 0 Å². The Hall–Kier alpha value is -2.44. The lowest BCUT2D eigenvalue weighted by atomic mass is 9.71. The van der Waals surface area contributed by atoms with Gasteiger partial charge < -0.3 is 16.0 Å². The van der Waals surface area contributed by atoms with Crippen LogP contribution in [0.15, 0.2) is 36.4 Å². The molecule has 0 aromatic heterocycles. The van der Waals surface area contributed by atoms with Gasteiger partial charge >= 0.3 is 0 Å². The van der Waals surface area contributed by atoms with Crippen LogP contribution in [0.25, 0.3) is 0 Å². The number of rotatable bonds is 5. The molecule has 148 valence electrons. The Kier molecular flexibility index (Phi) is 5.72. The van der Waals surface area contributed by atoms with Gasteiger partial charge in [-0.25, -0.2) is 4.39 Å². The van der Waals surface area contributed by atoms with Crippen molar-refractivity contribution >= 4 is 29.1 Å². The zero-order chi connectivity index (χ0) is 20.5. The van der Waals surface area contributed by atoms with E-state index in [0.29, 0.717) is 13.1 Å². The number of nitrogens with one attached hydrogen (secondary N) is 3. The summed E-state index contributed by atoms with van der Waals surface area (Å²) < 4.78 is 14.0. The van der Waals surface area contributed by atoms with Gasteiger partial charge in [0.1, 0.15) is 5.82 Å². The van der Waals surface area contributed by atoms with Crippen molar-refractivity contribution in [3.63, 3.8) is 0 Å². The van der Waals surface area contributed by atoms with Gasteiger partial charge in [0, 0.05) is 20.1 Å². The Labute approximate surface area is 168 Å². The Morgan fingerprint density at radius 3 is 2.46 bits per heavy atom. The zero-order valence-electron chi connectivity index (χ0n) is 16.0. The Bertz CT molecular complexity index is 926. The lowest BCUT2D eigenvalue weighted by Gasteiger charge is -2.43. The monoisotopic (exact) mass is 403 g/mol. The van der Waals surface area contributed by atoms with Crippen molar-refractivity contribution in [3.05, 3.63) is 63.9 Å². The normalized spacial score (nSPS) is 15.1. The van der Waals surface area contributed by atoms with Gasteiger partial charge in [-0.05, 0) is 29.2 Å². The lowest BCUT2D eigenvalue weighted by Crippen LogP contribution is -2.63. The number of carbonyl (C=O) groups is 2. The molecule has 28 heavy (non-hydrogen) atoms. The topological polar surface area (TPSA) is 70.2 Å². The van der Waals surface area contributed by atoms with E-state index in [1.807, 2.05) is 24.3 Å². The highest BCUT2D eigenvalue weighted by Crippen LogP contribution is 2.36. The molecule has 0 atom stereocenters. The molecule has 1 saturated heterocycles. The number of hydrogen-bond donors (Lipinski definition) is 3. The molecule has 0 radical (unpaired) electrons. The highest BCUT2D eigenvalue weighted by atomic mass is 35.5. The molecule has 3 N–H and O–H groups in total. The maximum atomic E-state index is 14.0. The van der Waals surface area contributed by atoms with Gasteiger partial charge in [-0.2, -0.15) is 0 Å². The molecule has 1 aliphatic rings. The summed E-state index contributed by atoms with van der Waals surface area (Å²) in [6.07, 6.45) is 0. The minimum atomic E-state index is -0.781. The summed E-state index contributed by atoms with van der Waals surface area (Å²) >= 11 is 5.83. The summed E-state index contributed by atoms with van der Waals surface area (Å²) in [4.78, 5) is 25.5. The van der Waals surface area contributed by atoms with Crippen molar-refractivity contribution in [3.8, 4) is 0 Å². The number of amides is 2. The highest BCUT2D eigenvalue weighted by molar-refractivity contribution is 6.31. The van der Waals surface area contributed by atoms with E-state index >= 15 is 0 Å². The Morgan fingerprint density at radius 1 is 1.21 bits per heavy atom. The predicted octanol–water partition coefficient (Wildman–Crippen LogP) is 3.44. The van der Waals surface area contributed by atoms with Gasteiger partial charge in [-0.15, -0.1) is 0 Å². The van der Waals surface area contributed by atoms with E-state index in [2.05, 4.69) is 29.8 Å². The van der Waals surface area contributed by atoms with Crippen LogP contribution in [-0.2, 0) is 10.2 Å². The quantitative estimate of drug-likeness (QED) is 0.716. The van der Waals surface area contributed by atoms with Crippen molar-refractivity contribution < 1.29 is 14.0 Å². The number of benzene rings is 2. The third-order valence-electron chi connectivity index (χ3n) is 5.17. The molecule has 2 aromatic rings. The highest BCUT2D eigenvalue weighted by Gasteiger charge is 2.47. The van der Waals surface area contributed by atoms with E-state index in [1.165, 1.54) is 13.1 Å². The van der Waals surface area contributed by atoms with Gasteiger partial charge in [-0.3, -0.25) is 9.59 Å². The molecule has 2 amide bonds. The van der Waals surface area contributed by atoms with Crippen LogP contribution in [0.5, 0.6) is 0 Å².